The van der Waals surface area contributed by atoms with Gasteiger partial charge in [0.1, 0.15) is 12.2 Å². The Hall–Kier alpha value is -1.75. The van der Waals surface area contributed by atoms with Crippen LogP contribution >= 0.6 is 0 Å². The summed E-state index contributed by atoms with van der Waals surface area (Å²) >= 11 is 0. The van der Waals surface area contributed by atoms with Crippen molar-refractivity contribution in [1.82, 2.24) is 25.1 Å². The van der Waals surface area contributed by atoms with E-state index in [9.17, 15) is 0 Å². The van der Waals surface area contributed by atoms with Crippen LogP contribution in [-0.4, -0.2) is 32.8 Å². The van der Waals surface area contributed by atoms with Gasteiger partial charge in [-0.2, -0.15) is 0 Å². The molecule has 0 spiro atoms. The summed E-state index contributed by atoms with van der Waals surface area (Å²) in [5.74, 6) is 1.81. The summed E-state index contributed by atoms with van der Waals surface area (Å²) in [7, 11) is 0. The number of pyridine rings is 1. The predicted molar refractivity (Wildman–Crippen MR) is 72.7 cm³/mol. The molecular weight excluding hydrogens is 238 g/mol. The third kappa shape index (κ3) is 3.17. The van der Waals surface area contributed by atoms with Gasteiger partial charge in [-0.25, -0.2) is 0 Å². The van der Waals surface area contributed by atoms with Crippen molar-refractivity contribution >= 4 is 0 Å². The molecule has 19 heavy (non-hydrogen) atoms. The second-order valence-corrected chi connectivity index (χ2v) is 5.09. The molecule has 1 aliphatic heterocycles. The SMILES string of the molecule is c1ccc(Cn2cnnc2CC2CCNCC2)nc1. The second kappa shape index (κ2) is 5.93. The monoisotopic (exact) mass is 257 g/mol. The summed E-state index contributed by atoms with van der Waals surface area (Å²) in [5.41, 5.74) is 1.05. The van der Waals surface area contributed by atoms with Gasteiger partial charge < -0.3 is 9.88 Å². The Balaban J connectivity index is 1.68. The molecule has 0 bridgehead atoms. The zero-order valence-electron chi connectivity index (χ0n) is 11.0. The van der Waals surface area contributed by atoms with Gasteiger partial charge in [-0.15, -0.1) is 10.2 Å². The molecule has 0 amide bonds. The van der Waals surface area contributed by atoms with Crippen molar-refractivity contribution in [2.24, 2.45) is 5.92 Å². The van der Waals surface area contributed by atoms with Gasteiger partial charge in [-0.05, 0) is 44.0 Å². The van der Waals surface area contributed by atoms with Gasteiger partial charge in [0, 0.05) is 12.6 Å². The molecule has 1 N–H and O–H groups in total. The van der Waals surface area contributed by atoms with Crippen molar-refractivity contribution in [2.75, 3.05) is 13.1 Å². The average Bonchev–Trinajstić information content (AvgIpc) is 2.88. The first-order valence-electron chi connectivity index (χ1n) is 6.89. The molecule has 0 atom stereocenters. The highest BCUT2D eigenvalue weighted by atomic mass is 15.3. The average molecular weight is 257 g/mol. The van der Waals surface area contributed by atoms with Crippen LogP contribution in [0.15, 0.2) is 30.7 Å². The molecule has 1 aliphatic rings. The summed E-state index contributed by atoms with van der Waals surface area (Å²) in [4.78, 5) is 4.36. The molecule has 100 valence electrons. The maximum Gasteiger partial charge on any atom is 0.133 e. The highest BCUT2D eigenvalue weighted by Gasteiger charge is 2.16. The van der Waals surface area contributed by atoms with Crippen LogP contribution in [-0.2, 0) is 13.0 Å². The molecule has 0 saturated carbocycles. The van der Waals surface area contributed by atoms with Crippen LogP contribution in [0.3, 0.4) is 0 Å². The van der Waals surface area contributed by atoms with E-state index in [2.05, 4.69) is 25.1 Å². The maximum absolute atomic E-state index is 4.36. The number of hydrogen-bond donors (Lipinski definition) is 1. The Morgan fingerprint density at radius 1 is 1.26 bits per heavy atom. The summed E-state index contributed by atoms with van der Waals surface area (Å²) in [6.45, 7) is 3.01. The Labute approximate surface area is 113 Å². The summed E-state index contributed by atoms with van der Waals surface area (Å²) in [6, 6.07) is 5.99. The minimum atomic E-state index is 0.730. The zero-order chi connectivity index (χ0) is 12.9. The van der Waals surface area contributed by atoms with Gasteiger partial charge in [0.25, 0.3) is 0 Å². The van der Waals surface area contributed by atoms with Gasteiger partial charge in [0.15, 0.2) is 0 Å². The summed E-state index contributed by atoms with van der Waals surface area (Å²) in [5, 5.41) is 11.7. The number of piperidine rings is 1. The molecule has 0 aliphatic carbocycles. The first kappa shape index (κ1) is 12.3. The van der Waals surface area contributed by atoms with Crippen molar-refractivity contribution in [1.29, 1.82) is 0 Å². The molecule has 0 aromatic carbocycles. The molecule has 5 nitrogen and oxygen atoms in total. The van der Waals surface area contributed by atoms with Crippen molar-refractivity contribution in [3.8, 4) is 0 Å². The summed E-state index contributed by atoms with van der Waals surface area (Å²) in [6.07, 6.45) is 7.12. The predicted octanol–water partition coefficient (Wildman–Crippen LogP) is 1.26. The summed E-state index contributed by atoms with van der Waals surface area (Å²) < 4.78 is 2.12. The fraction of sp³-hybridized carbons (Fsp3) is 0.500. The highest BCUT2D eigenvalue weighted by Crippen LogP contribution is 2.17. The standard InChI is InChI=1S/C14H19N5/c1-2-6-16-13(3-1)10-19-11-17-18-14(19)9-12-4-7-15-8-5-12/h1-3,6,11-12,15H,4-5,7-10H2. The van der Waals surface area contributed by atoms with Crippen LogP contribution in [0.25, 0.3) is 0 Å². The Bertz CT molecular complexity index is 502. The molecule has 5 heteroatoms. The molecule has 0 radical (unpaired) electrons. The largest absolute Gasteiger partial charge is 0.317 e. The number of hydrogen-bond acceptors (Lipinski definition) is 4. The third-order valence-electron chi connectivity index (χ3n) is 3.68. The van der Waals surface area contributed by atoms with E-state index in [4.69, 9.17) is 0 Å². The lowest BCUT2D eigenvalue weighted by molar-refractivity contribution is 0.363. The van der Waals surface area contributed by atoms with E-state index < -0.39 is 0 Å². The highest BCUT2D eigenvalue weighted by molar-refractivity contribution is 5.05. The van der Waals surface area contributed by atoms with E-state index in [-0.39, 0.29) is 0 Å². The third-order valence-corrected chi connectivity index (χ3v) is 3.68. The molecule has 1 fully saturated rings. The Morgan fingerprint density at radius 3 is 2.95 bits per heavy atom. The first-order valence-corrected chi connectivity index (χ1v) is 6.89. The lowest BCUT2D eigenvalue weighted by Crippen LogP contribution is -2.29. The van der Waals surface area contributed by atoms with E-state index in [1.165, 1.54) is 12.8 Å². The number of nitrogens with zero attached hydrogens (tertiary/aromatic N) is 4. The first-order chi connectivity index (χ1) is 9.42. The van der Waals surface area contributed by atoms with Crippen LogP contribution in [0, 0.1) is 5.92 Å². The van der Waals surface area contributed by atoms with Gasteiger partial charge in [0.05, 0.1) is 12.2 Å². The fourth-order valence-corrected chi connectivity index (χ4v) is 2.58. The number of nitrogens with one attached hydrogen (secondary N) is 1. The lowest BCUT2D eigenvalue weighted by atomic mass is 9.94. The Kier molecular flexibility index (Phi) is 3.83. The van der Waals surface area contributed by atoms with Crippen molar-refractivity contribution in [3.63, 3.8) is 0 Å². The lowest BCUT2D eigenvalue weighted by Gasteiger charge is -2.22. The van der Waals surface area contributed by atoms with Crippen LogP contribution in [0.1, 0.15) is 24.4 Å². The molecule has 2 aromatic heterocycles. The molecule has 3 rings (SSSR count). The van der Waals surface area contributed by atoms with Crippen molar-refractivity contribution < 1.29 is 0 Å². The molecule has 1 saturated heterocycles. The Morgan fingerprint density at radius 2 is 2.16 bits per heavy atom. The van der Waals surface area contributed by atoms with E-state index in [1.54, 1.807) is 0 Å². The fourth-order valence-electron chi connectivity index (χ4n) is 2.58. The molecular formula is C14H19N5. The molecule has 3 heterocycles. The molecule has 0 unspecified atom stereocenters. The molecule has 2 aromatic rings. The van der Waals surface area contributed by atoms with E-state index in [0.29, 0.717) is 0 Å². The minimum absolute atomic E-state index is 0.730. The topological polar surface area (TPSA) is 55.6 Å². The van der Waals surface area contributed by atoms with Gasteiger partial charge in [-0.1, -0.05) is 6.07 Å². The van der Waals surface area contributed by atoms with E-state index >= 15 is 0 Å². The number of aromatic nitrogens is 4. The van der Waals surface area contributed by atoms with Crippen molar-refractivity contribution in [3.05, 3.63) is 42.2 Å². The minimum Gasteiger partial charge on any atom is -0.317 e. The van der Waals surface area contributed by atoms with E-state index in [0.717, 1.165) is 43.5 Å². The quantitative estimate of drug-likeness (QED) is 0.896. The van der Waals surface area contributed by atoms with E-state index in [1.807, 2.05) is 30.7 Å². The van der Waals surface area contributed by atoms with Crippen LogP contribution < -0.4 is 5.32 Å². The van der Waals surface area contributed by atoms with Crippen LogP contribution in [0.5, 0.6) is 0 Å². The van der Waals surface area contributed by atoms with Crippen LogP contribution in [0.4, 0.5) is 0 Å². The van der Waals surface area contributed by atoms with Gasteiger partial charge in [-0.3, -0.25) is 4.98 Å². The van der Waals surface area contributed by atoms with Crippen molar-refractivity contribution in [2.45, 2.75) is 25.8 Å². The maximum atomic E-state index is 4.36. The van der Waals surface area contributed by atoms with Gasteiger partial charge >= 0.3 is 0 Å². The second-order valence-electron chi connectivity index (χ2n) is 5.09. The van der Waals surface area contributed by atoms with Crippen LogP contribution in [0.2, 0.25) is 0 Å². The number of rotatable bonds is 4. The zero-order valence-corrected chi connectivity index (χ0v) is 11.0. The smallest absolute Gasteiger partial charge is 0.133 e. The normalized spacial score (nSPS) is 16.6. The van der Waals surface area contributed by atoms with Gasteiger partial charge in [0.2, 0.25) is 0 Å².